The van der Waals surface area contributed by atoms with Crippen LogP contribution in [-0.2, 0) is 18.9 Å². The van der Waals surface area contributed by atoms with Crippen LogP contribution in [0.25, 0.3) is 0 Å². The second-order valence-corrected chi connectivity index (χ2v) is 8.53. The zero-order valence-electron chi connectivity index (χ0n) is 16.1. The molecule has 2 aliphatic heterocycles. The number of hydrogen-bond donors (Lipinski definition) is 2. The van der Waals surface area contributed by atoms with Crippen molar-refractivity contribution in [3.63, 3.8) is 0 Å². The summed E-state index contributed by atoms with van der Waals surface area (Å²) in [6.45, 7) is 15.0. The summed E-state index contributed by atoms with van der Waals surface area (Å²) in [5.41, 5.74) is 0. The Hall–Kier alpha value is -0.760. The smallest absolute Gasteiger partial charge is 0.163 e. The molecule has 4 rings (SSSR count). The molecule has 0 unspecified atom stereocenters. The summed E-state index contributed by atoms with van der Waals surface area (Å²) in [7, 11) is 0. The Morgan fingerprint density at radius 3 is 1.31 bits per heavy atom. The predicted molar refractivity (Wildman–Crippen MR) is 96.3 cm³/mol. The van der Waals surface area contributed by atoms with Gasteiger partial charge in [0.05, 0.1) is 24.4 Å². The van der Waals surface area contributed by atoms with E-state index < -0.39 is 23.8 Å². The van der Waals surface area contributed by atoms with Gasteiger partial charge >= 0.3 is 0 Å². The molecule has 0 amide bonds. The summed E-state index contributed by atoms with van der Waals surface area (Å²) in [6, 6.07) is 0. The molecule has 2 saturated heterocycles. The molecule has 148 valence electrons. The van der Waals surface area contributed by atoms with Crippen LogP contribution in [-0.4, -0.2) is 58.4 Å². The van der Waals surface area contributed by atoms with E-state index in [0.717, 1.165) is 0 Å². The molecule has 0 aromatic rings. The number of aliphatic hydroxyl groups excluding tert-OH is 2. The topological polar surface area (TPSA) is 77.4 Å². The average Bonchev–Trinajstić information content (AvgIpc) is 3.21. The van der Waals surface area contributed by atoms with E-state index in [1.165, 1.54) is 0 Å². The lowest BCUT2D eigenvalue weighted by molar-refractivity contribution is -0.165. The third-order valence-corrected chi connectivity index (χ3v) is 5.56. The van der Waals surface area contributed by atoms with Crippen molar-refractivity contribution in [2.45, 2.75) is 88.7 Å². The lowest BCUT2D eigenvalue weighted by Gasteiger charge is -2.20. The number of fused-ring (bicyclic) bond motifs is 2. The molecule has 6 heteroatoms. The first kappa shape index (κ1) is 20.0. The maximum atomic E-state index is 9.68. The average molecular weight is 368 g/mol. The molecule has 26 heavy (non-hydrogen) atoms. The molecular weight excluding hydrogens is 336 g/mol. The van der Waals surface area contributed by atoms with Gasteiger partial charge in [0.25, 0.3) is 0 Å². The quantitative estimate of drug-likeness (QED) is 0.728. The summed E-state index contributed by atoms with van der Waals surface area (Å²) in [5, 5.41) is 19.4. The molecule has 6 nitrogen and oxygen atoms in total. The first-order chi connectivity index (χ1) is 12.1. The number of aliphatic hydroxyl groups is 2. The standard InChI is InChI=1S/2C10H16O3/c2*1-4-6-5-7(11)9-8(6)12-10(2,3)13-9/h2*4,6-9,11H,1,5H2,2-3H3/t2*6-,7-,8+,9-/m10/s1. The summed E-state index contributed by atoms with van der Waals surface area (Å²) >= 11 is 0. The minimum absolute atomic E-state index is 0.0116. The second kappa shape index (κ2) is 7.00. The molecule has 2 heterocycles. The maximum Gasteiger partial charge on any atom is 0.163 e. The summed E-state index contributed by atoms with van der Waals surface area (Å²) in [4.78, 5) is 0. The fraction of sp³-hybridized carbons (Fsp3) is 0.800. The molecule has 4 aliphatic rings. The Kier molecular flexibility index (Phi) is 5.38. The normalized spacial score (nSPS) is 47.6. The largest absolute Gasteiger partial charge is 0.390 e. The molecule has 0 aromatic heterocycles. The lowest BCUT2D eigenvalue weighted by atomic mass is 10.1. The predicted octanol–water partition coefficient (Wildman–Crippen LogP) is 2.15. The van der Waals surface area contributed by atoms with Crippen LogP contribution in [0.3, 0.4) is 0 Å². The van der Waals surface area contributed by atoms with Gasteiger partial charge in [-0.15, -0.1) is 13.2 Å². The molecule has 2 N–H and O–H groups in total. The van der Waals surface area contributed by atoms with E-state index in [1.807, 2.05) is 39.8 Å². The van der Waals surface area contributed by atoms with E-state index in [9.17, 15) is 10.2 Å². The van der Waals surface area contributed by atoms with Gasteiger partial charge in [-0.2, -0.15) is 0 Å². The third-order valence-electron chi connectivity index (χ3n) is 5.56. The van der Waals surface area contributed by atoms with E-state index in [4.69, 9.17) is 18.9 Å². The lowest BCUT2D eigenvalue weighted by Crippen LogP contribution is -2.28. The first-order valence-corrected chi connectivity index (χ1v) is 9.39. The van der Waals surface area contributed by atoms with Gasteiger partial charge < -0.3 is 29.2 Å². The Labute approximate surface area is 155 Å². The van der Waals surface area contributed by atoms with E-state index in [-0.39, 0.29) is 36.3 Å². The van der Waals surface area contributed by atoms with Crippen LogP contribution in [0.15, 0.2) is 25.3 Å². The van der Waals surface area contributed by atoms with Crippen LogP contribution in [0.5, 0.6) is 0 Å². The summed E-state index contributed by atoms with van der Waals surface area (Å²) < 4.78 is 22.6. The number of hydrogen-bond acceptors (Lipinski definition) is 6. The molecule has 8 atom stereocenters. The number of rotatable bonds is 2. The van der Waals surface area contributed by atoms with Crippen LogP contribution in [0, 0.1) is 11.8 Å². The first-order valence-electron chi connectivity index (χ1n) is 9.39. The SMILES string of the molecule is C=C[C@@H]1C[C@@H](O)[C@H]2OC(C)(C)O[C@H]21.C=C[C@H]1C[C@H](O)[C@@H]2OC(C)(C)O[C@@H]21. The monoisotopic (exact) mass is 368 g/mol. The van der Waals surface area contributed by atoms with Gasteiger partial charge in [0.1, 0.15) is 12.2 Å². The van der Waals surface area contributed by atoms with E-state index in [1.54, 1.807) is 0 Å². The van der Waals surface area contributed by atoms with E-state index in [0.29, 0.717) is 12.8 Å². The van der Waals surface area contributed by atoms with Crippen molar-refractivity contribution in [3.05, 3.63) is 25.3 Å². The van der Waals surface area contributed by atoms with Gasteiger partial charge in [0.2, 0.25) is 0 Å². The van der Waals surface area contributed by atoms with Crippen molar-refractivity contribution in [2.75, 3.05) is 0 Å². The summed E-state index contributed by atoms with van der Waals surface area (Å²) in [5.74, 6) is -0.667. The highest BCUT2D eigenvalue weighted by Gasteiger charge is 2.53. The Bertz CT molecular complexity index is 496. The van der Waals surface area contributed by atoms with Crippen molar-refractivity contribution in [2.24, 2.45) is 11.8 Å². The Balaban J connectivity index is 0.000000151. The van der Waals surface area contributed by atoms with Crippen molar-refractivity contribution >= 4 is 0 Å². The van der Waals surface area contributed by atoms with E-state index >= 15 is 0 Å². The van der Waals surface area contributed by atoms with Gasteiger partial charge in [-0.05, 0) is 40.5 Å². The Morgan fingerprint density at radius 1 is 0.692 bits per heavy atom. The van der Waals surface area contributed by atoms with Crippen LogP contribution in [0.4, 0.5) is 0 Å². The minimum atomic E-state index is -0.558. The highest BCUT2D eigenvalue weighted by molar-refractivity contribution is 5.04. The fourth-order valence-corrected chi connectivity index (χ4v) is 4.45. The Morgan fingerprint density at radius 2 is 1.00 bits per heavy atom. The van der Waals surface area contributed by atoms with Gasteiger partial charge in [0.15, 0.2) is 11.6 Å². The third kappa shape index (κ3) is 3.77. The minimum Gasteiger partial charge on any atom is -0.390 e. The molecular formula is C20H32O6. The molecule has 2 aliphatic carbocycles. The zero-order chi connectivity index (χ0) is 19.3. The molecule has 2 saturated carbocycles. The molecule has 0 aromatic carbocycles. The van der Waals surface area contributed by atoms with Gasteiger partial charge in [-0.1, -0.05) is 12.2 Å². The van der Waals surface area contributed by atoms with Gasteiger partial charge in [-0.3, -0.25) is 0 Å². The van der Waals surface area contributed by atoms with Gasteiger partial charge in [0, 0.05) is 11.8 Å². The molecule has 0 radical (unpaired) electrons. The van der Waals surface area contributed by atoms with E-state index in [2.05, 4.69) is 13.2 Å². The molecule has 4 fully saturated rings. The van der Waals surface area contributed by atoms with Crippen LogP contribution in [0.2, 0.25) is 0 Å². The van der Waals surface area contributed by atoms with Crippen LogP contribution >= 0.6 is 0 Å². The second-order valence-electron chi connectivity index (χ2n) is 8.53. The molecule has 0 spiro atoms. The van der Waals surface area contributed by atoms with Crippen LogP contribution in [0.1, 0.15) is 40.5 Å². The van der Waals surface area contributed by atoms with Crippen molar-refractivity contribution < 1.29 is 29.2 Å². The fourth-order valence-electron chi connectivity index (χ4n) is 4.45. The summed E-state index contributed by atoms with van der Waals surface area (Å²) in [6.07, 6.45) is 3.92. The van der Waals surface area contributed by atoms with Crippen molar-refractivity contribution in [3.8, 4) is 0 Å². The maximum absolute atomic E-state index is 9.68. The highest BCUT2D eigenvalue weighted by Crippen LogP contribution is 2.42. The van der Waals surface area contributed by atoms with Crippen molar-refractivity contribution in [1.82, 2.24) is 0 Å². The highest BCUT2D eigenvalue weighted by atomic mass is 16.8. The van der Waals surface area contributed by atoms with Crippen LogP contribution < -0.4 is 0 Å². The van der Waals surface area contributed by atoms with Gasteiger partial charge in [-0.25, -0.2) is 0 Å². The zero-order valence-corrected chi connectivity index (χ0v) is 16.1. The van der Waals surface area contributed by atoms with Crippen molar-refractivity contribution in [1.29, 1.82) is 0 Å². The molecule has 0 bridgehead atoms. The number of ether oxygens (including phenoxy) is 4.